The summed E-state index contributed by atoms with van der Waals surface area (Å²) in [7, 11) is 0. The van der Waals surface area contributed by atoms with Crippen molar-refractivity contribution in [2.24, 2.45) is 0 Å². The van der Waals surface area contributed by atoms with Gasteiger partial charge in [-0.15, -0.1) is 0 Å². The van der Waals surface area contributed by atoms with Crippen LogP contribution < -0.4 is 10.4 Å². The molecule has 130 valence electrons. The molecule has 0 saturated carbocycles. The first kappa shape index (κ1) is 16.8. The number of rotatable bonds is 4. The number of benzene rings is 2. The summed E-state index contributed by atoms with van der Waals surface area (Å²) in [6, 6.07) is 17.0. The van der Waals surface area contributed by atoms with E-state index < -0.39 is 0 Å². The molecule has 2 aromatic carbocycles. The molecular weight excluding hydrogens is 448 g/mol. The molecule has 0 radical (unpaired) electrons. The van der Waals surface area contributed by atoms with Crippen molar-refractivity contribution in [2.75, 3.05) is 0 Å². The summed E-state index contributed by atoms with van der Waals surface area (Å²) in [4.78, 5) is 17.4. The minimum atomic E-state index is -0.347. The molecule has 0 unspecified atom stereocenters. The van der Waals surface area contributed by atoms with Crippen LogP contribution in [0.15, 0.2) is 71.7 Å². The molecule has 0 fully saturated rings. The van der Waals surface area contributed by atoms with E-state index in [1.54, 1.807) is 24.4 Å². The maximum Gasteiger partial charge on any atom is 0.339 e. The maximum absolute atomic E-state index is 13.1. The third-order valence-corrected chi connectivity index (χ3v) is 5.01. The van der Waals surface area contributed by atoms with Crippen molar-refractivity contribution < 1.29 is 9.13 Å². The Hall–Kier alpha value is -2.68. The average molecular weight is 461 g/mol. The zero-order chi connectivity index (χ0) is 18.1. The zero-order valence-electron chi connectivity index (χ0n) is 13.5. The number of hydrogen-bond donors (Lipinski definition) is 0. The van der Waals surface area contributed by atoms with E-state index >= 15 is 0 Å². The van der Waals surface area contributed by atoms with E-state index in [1.165, 1.54) is 21.1 Å². The Morgan fingerprint density at radius 2 is 1.77 bits per heavy atom. The third kappa shape index (κ3) is 3.10. The van der Waals surface area contributed by atoms with Crippen LogP contribution in [0.1, 0.15) is 5.69 Å². The molecular formula is C19H13FIN3O2. The molecule has 4 rings (SSSR count). The van der Waals surface area contributed by atoms with E-state index in [0.29, 0.717) is 20.7 Å². The normalized spacial score (nSPS) is 11.0. The standard InChI is InChI=1S/C19H13FIN3O2/c20-13-6-8-14(9-7-13)23-11-10-17-22-16(18(21)24(17)19(23)25)12-26-15-4-2-1-3-5-15/h1-11H,12H2. The molecule has 0 N–H and O–H groups in total. The first-order chi connectivity index (χ1) is 12.6. The molecule has 0 aliphatic rings. The molecule has 2 heterocycles. The predicted molar refractivity (Wildman–Crippen MR) is 104 cm³/mol. The van der Waals surface area contributed by atoms with E-state index in [0.717, 1.165) is 5.75 Å². The maximum atomic E-state index is 13.1. The van der Waals surface area contributed by atoms with Gasteiger partial charge in [0, 0.05) is 6.20 Å². The largest absolute Gasteiger partial charge is 0.487 e. The van der Waals surface area contributed by atoms with E-state index in [4.69, 9.17) is 4.74 Å². The van der Waals surface area contributed by atoms with Gasteiger partial charge in [0.15, 0.2) is 0 Å². The Labute approximate surface area is 161 Å². The lowest BCUT2D eigenvalue weighted by atomic mass is 10.3. The van der Waals surface area contributed by atoms with E-state index in [9.17, 15) is 9.18 Å². The number of halogens is 2. The summed E-state index contributed by atoms with van der Waals surface area (Å²) in [5.41, 5.74) is 1.55. The molecule has 0 aliphatic carbocycles. The molecule has 5 nitrogen and oxygen atoms in total. The van der Waals surface area contributed by atoms with Crippen LogP contribution in [-0.4, -0.2) is 14.0 Å². The number of ether oxygens (including phenoxy) is 1. The number of aromatic nitrogens is 3. The summed E-state index contributed by atoms with van der Waals surface area (Å²) in [6.07, 6.45) is 1.63. The predicted octanol–water partition coefficient (Wildman–Crippen LogP) is 3.81. The molecule has 0 bridgehead atoms. The highest BCUT2D eigenvalue weighted by molar-refractivity contribution is 14.1. The highest BCUT2D eigenvalue weighted by atomic mass is 127. The van der Waals surface area contributed by atoms with Gasteiger partial charge in [-0.2, -0.15) is 0 Å². The van der Waals surface area contributed by atoms with Crippen LogP contribution in [0, 0.1) is 9.52 Å². The Morgan fingerprint density at radius 1 is 1.04 bits per heavy atom. The average Bonchev–Trinajstić information content (AvgIpc) is 2.99. The molecule has 0 atom stereocenters. The minimum Gasteiger partial charge on any atom is -0.487 e. The van der Waals surface area contributed by atoms with Crippen LogP contribution in [-0.2, 0) is 6.61 Å². The van der Waals surface area contributed by atoms with Crippen LogP contribution in [0.4, 0.5) is 4.39 Å². The summed E-state index contributed by atoms with van der Waals surface area (Å²) in [5, 5.41) is 0. The van der Waals surface area contributed by atoms with Crippen molar-refractivity contribution >= 4 is 28.2 Å². The SMILES string of the molecule is O=c1n(-c2ccc(F)cc2)ccc2nc(COc3ccccc3)c(I)n12. The molecule has 7 heteroatoms. The fraction of sp³-hybridized carbons (Fsp3) is 0.0526. The first-order valence-corrected chi connectivity index (χ1v) is 8.93. The quantitative estimate of drug-likeness (QED) is 0.435. The highest BCUT2D eigenvalue weighted by Gasteiger charge is 2.14. The van der Waals surface area contributed by atoms with Crippen LogP contribution >= 0.6 is 22.6 Å². The number of para-hydroxylation sites is 1. The monoisotopic (exact) mass is 461 g/mol. The lowest BCUT2D eigenvalue weighted by molar-refractivity contribution is 0.301. The molecule has 0 saturated heterocycles. The van der Waals surface area contributed by atoms with Gasteiger partial charge in [0.05, 0.1) is 5.69 Å². The fourth-order valence-corrected chi connectivity index (χ4v) is 3.36. The molecule has 0 aliphatic heterocycles. The van der Waals surface area contributed by atoms with Crippen LogP contribution in [0.5, 0.6) is 5.75 Å². The summed E-state index contributed by atoms with van der Waals surface area (Å²) >= 11 is 2.09. The van der Waals surface area contributed by atoms with Gasteiger partial charge in [-0.25, -0.2) is 18.6 Å². The minimum absolute atomic E-state index is 0.264. The summed E-state index contributed by atoms with van der Waals surface area (Å²) < 4.78 is 22.5. The van der Waals surface area contributed by atoms with Crippen molar-refractivity contribution in [3.63, 3.8) is 0 Å². The van der Waals surface area contributed by atoms with Gasteiger partial charge in [-0.05, 0) is 65.1 Å². The van der Waals surface area contributed by atoms with Crippen molar-refractivity contribution in [1.82, 2.24) is 14.0 Å². The fourth-order valence-electron chi connectivity index (χ4n) is 2.63. The number of hydrogen-bond acceptors (Lipinski definition) is 3. The number of nitrogens with zero attached hydrogens (tertiary/aromatic N) is 3. The van der Waals surface area contributed by atoms with E-state index in [-0.39, 0.29) is 18.1 Å². The van der Waals surface area contributed by atoms with E-state index in [1.807, 2.05) is 30.3 Å². The van der Waals surface area contributed by atoms with Gasteiger partial charge in [0.25, 0.3) is 0 Å². The first-order valence-electron chi connectivity index (χ1n) is 7.86. The Kier molecular flexibility index (Phi) is 4.46. The van der Waals surface area contributed by atoms with Crippen molar-refractivity contribution in [3.05, 3.63) is 92.6 Å². The number of imidazole rings is 1. The lowest BCUT2D eigenvalue weighted by Gasteiger charge is -2.06. The summed E-state index contributed by atoms with van der Waals surface area (Å²) in [6.45, 7) is 0.264. The van der Waals surface area contributed by atoms with Gasteiger partial charge < -0.3 is 4.74 Å². The van der Waals surface area contributed by atoms with Gasteiger partial charge in [-0.1, -0.05) is 18.2 Å². The summed E-state index contributed by atoms with van der Waals surface area (Å²) in [5.74, 6) is 0.393. The van der Waals surface area contributed by atoms with Crippen molar-refractivity contribution in [3.8, 4) is 11.4 Å². The van der Waals surface area contributed by atoms with E-state index in [2.05, 4.69) is 27.6 Å². The zero-order valence-corrected chi connectivity index (χ0v) is 15.6. The van der Waals surface area contributed by atoms with Crippen molar-refractivity contribution in [1.29, 1.82) is 0 Å². The Bertz CT molecular complexity index is 1120. The molecule has 2 aromatic heterocycles. The number of fused-ring (bicyclic) bond motifs is 1. The second kappa shape index (κ2) is 6.91. The van der Waals surface area contributed by atoms with Gasteiger partial charge >= 0.3 is 5.69 Å². The van der Waals surface area contributed by atoms with Crippen LogP contribution in [0.25, 0.3) is 11.3 Å². The highest BCUT2D eigenvalue weighted by Crippen LogP contribution is 2.17. The second-order valence-electron chi connectivity index (χ2n) is 5.59. The second-order valence-corrected chi connectivity index (χ2v) is 6.61. The van der Waals surface area contributed by atoms with Crippen LogP contribution in [0.3, 0.4) is 0 Å². The van der Waals surface area contributed by atoms with Gasteiger partial charge in [0.1, 0.15) is 33.2 Å². The lowest BCUT2D eigenvalue weighted by Crippen LogP contribution is -2.25. The smallest absolute Gasteiger partial charge is 0.339 e. The van der Waals surface area contributed by atoms with Crippen LogP contribution in [0.2, 0.25) is 0 Å². The Balaban J connectivity index is 1.72. The van der Waals surface area contributed by atoms with Gasteiger partial charge in [0.2, 0.25) is 0 Å². The van der Waals surface area contributed by atoms with Gasteiger partial charge in [-0.3, -0.25) is 4.57 Å². The molecule has 0 spiro atoms. The molecule has 26 heavy (non-hydrogen) atoms. The van der Waals surface area contributed by atoms with Crippen molar-refractivity contribution in [2.45, 2.75) is 6.61 Å². The topological polar surface area (TPSA) is 48.5 Å². The molecule has 0 amide bonds. The third-order valence-electron chi connectivity index (χ3n) is 3.91. The Morgan fingerprint density at radius 3 is 2.50 bits per heavy atom. The molecule has 4 aromatic rings.